The van der Waals surface area contributed by atoms with Crippen molar-refractivity contribution in [2.45, 2.75) is 44.6 Å². The van der Waals surface area contributed by atoms with E-state index in [1.165, 1.54) is 4.90 Å². The molecule has 1 heterocycles. The van der Waals surface area contributed by atoms with Crippen LogP contribution in [0.15, 0.2) is 30.3 Å². The van der Waals surface area contributed by atoms with Crippen LogP contribution < -0.4 is 0 Å². The van der Waals surface area contributed by atoms with E-state index < -0.39 is 21.8 Å². The number of ether oxygens (including phenoxy) is 1. The number of rotatable bonds is 5. The van der Waals surface area contributed by atoms with Gasteiger partial charge in [0.2, 0.25) is 0 Å². The normalized spacial score (nSPS) is 18.4. The van der Waals surface area contributed by atoms with Crippen LogP contribution in [0.25, 0.3) is 0 Å². The van der Waals surface area contributed by atoms with Crippen LogP contribution in [0.4, 0.5) is 4.79 Å². The van der Waals surface area contributed by atoms with E-state index in [1.54, 1.807) is 45.0 Å². The molecule has 1 aromatic rings. The molecular weight excluding hydrogens is 318 g/mol. The summed E-state index contributed by atoms with van der Waals surface area (Å²) in [4.78, 5) is 13.5. The number of carbonyl (C=O) groups excluding carboxylic acids is 1. The third-order valence-electron chi connectivity index (χ3n) is 3.40. The Morgan fingerprint density at radius 3 is 2.43 bits per heavy atom. The van der Waals surface area contributed by atoms with Crippen molar-refractivity contribution in [3.8, 4) is 0 Å². The van der Waals surface area contributed by atoms with Crippen molar-refractivity contribution < 1.29 is 22.1 Å². The fourth-order valence-corrected chi connectivity index (χ4v) is 3.23. The second-order valence-electron chi connectivity index (χ2n) is 6.59. The maximum absolute atomic E-state index is 12.0. The molecule has 2 rings (SSSR count). The molecule has 0 N–H and O–H groups in total. The Balaban J connectivity index is 1.84. The zero-order valence-corrected chi connectivity index (χ0v) is 14.5. The van der Waals surface area contributed by atoms with Gasteiger partial charge in [-0.2, -0.15) is 8.42 Å². The zero-order chi connectivity index (χ0) is 17.1. The Hall–Kier alpha value is -1.60. The van der Waals surface area contributed by atoms with Crippen LogP contribution in [0.3, 0.4) is 0 Å². The maximum Gasteiger partial charge on any atom is 0.410 e. The first kappa shape index (κ1) is 17.7. The highest BCUT2D eigenvalue weighted by Crippen LogP contribution is 2.22. The van der Waals surface area contributed by atoms with Crippen LogP contribution in [0.1, 0.15) is 32.8 Å². The fourth-order valence-electron chi connectivity index (χ4n) is 2.18. The smallest absolute Gasteiger partial charge is 0.410 e. The molecule has 7 heteroatoms. The van der Waals surface area contributed by atoms with Gasteiger partial charge in [0.05, 0.1) is 12.6 Å². The lowest BCUT2D eigenvalue weighted by atomic mass is 10.1. The van der Waals surface area contributed by atoms with Gasteiger partial charge in [-0.25, -0.2) is 4.79 Å². The minimum atomic E-state index is -3.67. The number of benzene rings is 1. The Bertz CT molecular complexity index is 636. The summed E-state index contributed by atoms with van der Waals surface area (Å²) in [7, 11) is -3.67. The molecule has 1 aliphatic heterocycles. The van der Waals surface area contributed by atoms with E-state index in [1.807, 2.05) is 6.07 Å². The van der Waals surface area contributed by atoms with E-state index >= 15 is 0 Å². The SMILES string of the molecule is CC(C)(C)OC(=O)N1CCC1COS(=O)(=O)Cc1ccccc1. The first-order valence-electron chi connectivity index (χ1n) is 7.57. The summed E-state index contributed by atoms with van der Waals surface area (Å²) < 4.78 is 34.3. The zero-order valence-electron chi connectivity index (χ0n) is 13.7. The van der Waals surface area contributed by atoms with E-state index in [9.17, 15) is 13.2 Å². The highest BCUT2D eigenvalue weighted by molar-refractivity contribution is 7.85. The van der Waals surface area contributed by atoms with E-state index in [-0.39, 0.29) is 18.4 Å². The minimum Gasteiger partial charge on any atom is -0.444 e. The molecule has 128 valence electrons. The molecule has 1 unspecified atom stereocenters. The van der Waals surface area contributed by atoms with Crippen molar-refractivity contribution in [1.29, 1.82) is 0 Å². The van der Waals surface area contributed by atoms with Crippen LogP contribution >= 0.6 is 0 Å². The second-order valence-corrected chi connectivity index (χ2v) is 8.23. The van der Waals surface area contributed by atoms with Crippen molar-refractivity contribution >= 4 is 16.2 Å². The molecule has 0 bridgehead atoms. The Kier molecular flexibility index (Phi) is 5.31. The largest absolute Gasteiger partial charge is 0.444 e. The number of nitrogens with zero attached hydrogens (tertiary/aromatic N) is 1. The average molecular weight is 341 g/mol. The molecule has 0 aromatic heterocycles. The third kappa shape index (κ3) is 5.51. The van der Waals surface area contributed by atoms with Gasteiger partial charge in [-0.1, -0.05) is 30.3 Å². The van der Waals surface area contributed by atoms with Gasteiger partial charge in [0.25, 0.3) is 10.1 Å². The van der Waals surface area contributed by atoms with E-state index in [0.29, 0.717) is 18.5 Å². The van der Waals surface area contributed by atoms with Crippen molar-refractivity contribution in [3.05, 3.63) is 35.9 Å². The summed E-state index contributed by atoms with van der Waals surface area (Å²) in [5.41, 5.74) is 0.0994. The second kappa shape index (κ2) is 6.88. The molecule has 1 fully saturated rings. The topological polar surface area (TPSA) is 72.9 Å². The van der Waals surface area contributed by atoms with E-state index in [0.717, 1.165) is 0 Å². The van der Waals surface area contributed by atoms with Crippen molar-refractivity contribution in [1.82, 2.24) is 4.90 Å². The standard InChI is InChI=1S/C16H23NO5S/c1-16(2,3)22-15(18)17-10-9-14(17)11-21-23(19,20)12-13-7-5-4-6-8-13/h4-8,14H,9-12H2,1-3H3. The molecule has 0 saturated carbocycles. The molecule has 1 aliphatic rings. The highest BCUT2D eigenvalue weighted by atomic mass is 32.2. The van der Waals surface area contributed by atoms with Crippen molar-refractivity contribution in [3.63, 3.8) is 0 Å². The van der Waals surface area contributed by atoms with Gasteiger partial charge in [0.1, 0.15) is 11.4 Å². The first-order valence-corrected chi connectivity index (χ1v) is 9.15. The molecule has 1 saturated heterocycles. The highest BCUT2D eigenvalue weighted by Gasteiger charge is 2.36. The number of carbonyl (C=O) groups is 1. The van der Waals surface area contributed by atoms with Crippen LogP contribution in [0, 0.1) is 0 Å². The number of likely N-dealkylation sites (tertiary alicyclic amines) is 1. The number of hydrogen-bond acceptors (Lipinski definition) is 5. The molecule has 6 nitrogen and oxygen atoms in total. The number of amides is 1. The van der Waals surface area contributed by atoms with Gasteiger partial charge in [-0.15, -0.1) is 0 Å². The quantitative estimate of drug-likeness (QED) is 0.770. The first-order chi connectivity index (χ1) is 10.7. The van der Waals surface area contributed by atoms with Gasteiger partial charge in [0.15, 0.2) is 0 Å². The Morgan fingerprint density at radius 2 is 1.91 bits per heavy atom. The van der Waals surface area contributed by atoms with Crippen LogP contribution in [0.2, 0.25) is 0 Å². The lowest BCUT2D eigenvalue weighted by Crippen LogP contribution is -2.54. The van der Waals surface area contributed by atoms with Gasteiger partial charge < -0.3 is 9.64 Å². The number of hydrogen-bond donors (Lipinski definition) is 0. The van der Waals surface area contributed by atoms with Gasteiger partial charge >= 0.3 is 6.09 Å². The molecule has 23 heavy (non-hydrogen) atoms. The van der Waals surface area contributed by atoms with Crippen LogP contribution in [-0.4, -0.2) is 44.2 Å². The molecule has 0 radical (unpaired) electrons. The lowest BCUT2D eigenvalue weighted by Gasteiger charge is -2.40. The predicted molar refractivity (Wildman–Crippen MR) is 86.4 cm³/mol. The Morgan fingerprint density at radius 1 is 1.26 bits per heavy atom. The lowest BCUT2D eigenvalue weighted by molar-refractivity contribution is -0.0137. The summed E-state index contributed by atoms with van der Waals surface area (Å²) in [6.45, 7) is 5.90. The van der Waals surface area contributed by atoms with Crippen LogP contribution in [-0.2, 0) is 24.8 Å². The molecule has 0 spiro atoms. The molecular formula is C16H23NO5S. The molecule has 1 amide bonds. The van der Waals surface area contributed by atoms with Crippen LogP contribution in [0.5, 0.6) is 0 Å². The minimum absolute atomic E-state index is 0.0333. The molecule has 0 aliphatic carbocycles. The van der Waals surface area contributed by atoms with Gasteiger partial charge in [-0.3, -0.25) is 4.18 Å². The average Bonchev–Trinajstić information content (AvgIpc) is 2.35. The van der Waals surface area contributed by atoms with Crippen molar-refractivity contribution in [2.24, 2.45) is 0 Å². The monoisotopic (exact) mass is 341 g/mol. The summed E-state index contributed by atoms with van der Waals surface area (Å²) in [5.74, 6) is -0.174. The van der Waals surface area contributed by atoms with Crippen molar-refractivity contribution in [2.75, 3.05) is 13.2 Å². The molecule has 1 aromatic carbocycles. The van der Waals surface area contributed by atoms with Gasteiger partial charge in [-0.05, 0) is 32.8 Å². The Labute approximate surface area is 137 Å². The van der Waals surface area contributed by atoms with Gasteiger partial charge in [0, 0.05) is 6.54 Å². The summed E-state index contributed by atoms with van der Waals surface area (Å²) in [6, 6.07) is 8.59. The third-order valence-corrected chi connectivity index (χ3v) is 4.58. The maximum atomic E-state index is 12.0. The molecule has 1 atom stereocenters. The fraction of sp³-hybridized carbons (Fsp3) is 0.562. The van der Waals surface area contributed by atoms with E-state index in [4.69, 9.17) is 8.92 Å². The summed E-state index contributed by atoms with van der Waals surface area (Å²) in [5, 5.41) is 0. The summed E-state index contributed by atoms with van der Waals surface area (Å²) >= 11 is 0. The summed E-state index contributed by atoms with van der Waals surface area (Å²) in [6.07, 6.45) is 0.276. The van der Waals surface area contributed by atoms with E-state index in [2.05, 4.69) is 0 Å². The predicted octanol–water partition coefficient (Wildman–Crippen LogP) is 2.54.